The SMILES string of the molecule is COc1ccc(C(CNC(=O)C2CCCN2C2CC2)N2CCCC2)cc1. The van der Waals surface area contributed by atoms with Crippen LogP contribution in [0.1, 0.15) is 50.1 Å². The highest BCUT2D eigenvalue weighted by Crippen LogP contribution is 2.33. The van der Waals surface area contributed by atoms with Crippen LogP contribution in [-0.2, 0) is 4.79 Å². The maximum absolute atomic E-state index is 12.8. The van der Waals surface area contributed by atoms with Crippen LogP contribution in [0.2, 0.25) is 0 Å². The number of carbonyl (C=O) groups excluding carboxylic acids is 1. The van der Waals surface area contributed by atoms with Crippen LogP contribution in [0.5, 0.6) is 5.75 Å². The van der Waals surface area contributed by atoms with E-state index in [1.165, 1.54) is 31.2 Å². The van der Waals surface area contributed by atoms with E-state index >= 15 is 0 Å². The third-order valence-corrected chi connectivity index (χ3v) is 6.16. The molecule has 1 aromatic carbocycles. The van der Waals surface area contributed by atoms with E-state index in [0.29, 0.717) is 12.6 Å². The summed E-state index contributed by atoms with van der Waals surface area (Å²) in [5.74, 6) is 1.11. The molecule has 5 heteroatoms. The van der Waals surface area contributed by atoms with E-state index in [2.05, 4.69) is 27.2 Å². The number of nitrogens with zero attached hydrogens (tertiary/aromatic N) is 2. The molecule has 1 saturated carbocycles. The van der Waals surface area contributed by atoms with E-state index in [4.69, 9.17) is 4.74 Å². The van der Waals surface area contributed by atoms with E-state index in [1.807, 2.05) is 12.1 Å². The molecule has 0 radical (unpaired) electrons. The van der Waals surface area contributed by atoms with Gasteiger partial charge in [0.1, 0.15) is 5.75 Å². The second-order valence-corrected chi connectivity index (χ2v) is 7.90. The number of hydrogen-bond donors (Lipinski definition) is 1. The molecule has 2 unspecified atom stereocenters. The van der Waals surface area contributed by atoms with Crippen molar-refractivity contribution >= 4 is 5.91 Å². The van der Waals surface area contributed by atoms with Crippen LogP contribution in [0.4, 0.5) is 0 Å². The van der Waals surface area contributed by atoms with Gasteiger partial charge >= 0.3 is 0 Å². The van der Waals surface area contributed by atoms with Gasteiger partial charge in [0.25, 0.3) is 0 Å². The van der Waals surface area contributed by atoms with Crippen molar-refractivity contribution in [2.75, 3.05) is 33.3 Å². The van der Waals surface area contributed by atoms with Gasteiger partial charge in [-0.3, -0.25) is 14.6 Å². The monoisotopic (exact) mass is 357 g/mol. The van der Waals surface area contributed by atoms with Crippen molar-refractivity contribution in [3.8, 4) is 5.75 Å². The molecule has 2 aliphatic heterocycles. The number of nitrogens with one attached hydrogen (secondary N) is 1. The molecule has 1 aromatic rings. The van der Waals surface area contributed by atoms with Crippen LogP contribution in [0, 0.1) is 0 Å². The van der Waals surface area contributed by atoms with Crippen molar-refractivity contribution < 1.29 is 9.53 Å². The first-order valence-corrected chi connectivity index (χ1v) is 10.2. The zero-order chi connectivity index (χ0) is 17.9. The standard InChI is InChI=1S/C21H31N3O2/c1-26-18-10-6-16(7-11-18)20(23-12-2-3-13-23)15-22-21(25)19-5-4-14-24(19)17-8-9-17/h6-7,10-11,17,19-20H,2-5,8-9,12-15H2,1H3,(H,22,25). The third-order valence-electron chi connectivity index (χ3n) is 6.16. The Morgan fingerprint density at radius 3 is 2.50 bits per heavy atom. The number of amides is 1. The summed E-state index contributed by atoms with van der Waals surface area (Å²) in [5, 5.41) is 3.29. The number of benzene rings is 1. The fourth-order valence-corrected chi connectivity index (χ4v) is 4.57. The lowest BCUT2D eigenvalue weighted by Gasteiger charge is -2.30. The molecular formula is C21H31N3O2. The zero-order valence-electron chi connectivity index (χ0n) is 15.8. The second-order valence-electron chi connectivity index (χ2n) is 7.90. The molecule has 0 bridgehead atoms. The Labute approximate surface area is 156 Å². The highest BCUT2D eigenvalue weighted by Gasteiger charge is 2.40. The second kappa shape index (κ2) is 7.97. The van der Waals surface area contributed by atoms with E-state index in [0.717, 1.165) is 38.2 Å². The highest BCUT2D eigenvalue weighted by molar-refractivity contribution is 5.82. The van der Waals surface area contributed by atoms with Crippen LogP contribution >= 0.6 is 0 Å². The Morgan fingerprint density at radius 1 is 1.12 bits per heavy atom. The summed E-state index contributed by atoms with van der Waals surface area (Å²) in [6.07, 6.45) is 7.21. The molecule has 4 rings (SSSR count). The number of likely N-dealkylation sites (tertiary alicyclic amines) is 2. The van der Waals surface area contributed by atoms with Crippen molar-refractivity contribution in [1.82, 2.24) is 15.1 Å². The summed E-state index contributed by atoms with van der Waals surface area (Å²) in [6.45, 7) is 4.02. The molecule has 142 valence electrons. The quantitative estimate of drug-likeness (QED) is 0.815. The first-order chi connectivity index (χ1) is 12.8. The Kier molecular flexibility index (Phi) is 5.46. The van der Waals surface area contributed by atoms with Gasteiger partial charge < -0.3 is 10.1 Å². The third kappa shape index (κ3) is 3.89. The Hall–Kier alpha value is -1.59. The van der Waals surface area contributed by atoms with Gasteiger partial charge in [0.15, 0.2) is 0 Å². The van der Waals surface area contributed by atoms with Crippen LogP contribution in [0.3, 0.4) is 0 Å². The van der Waals surface area contributed by atoms with Crippen LogP contribution in [-0.4, -0.2) is 61.1 Å². The van der Waals surface area contributed by atoms with E-state index < -0.39 is 0 Å². The van der Waals surface area contributed by atoms with Crippen LogP contribution < -0.4 is 10.1 Å². The Bertz CT molecular complexity index is 608. The molecule has 3 aliphatic rings. The van der Waals surface area contributed by atoms with Gasteiger partial charge in [-0.05, 0) is 75.9 Å². The van der Waals surface area contributed by atoms with Crippen LogP contribution in [0.15, 0.2) is 24.3 Å². The molecule has 2 atom stereocenters. The van der Waals surface area contributed by atoms with Crippen molar-refractivity contribution in [1.29, 1.82) is 0 Å². The molecule has 0 spiro atoms. The molecule has 0 aromatic heterocycles. The molecule has 26 heavy (non-hydrogen) atoms. The van der Waals surface area contributed by atoms with Crippen molar-refractivity contribution in [3.63, 3.8) is 0 Å². The summed E-state index contributed by atoms with van der Waals surface area (Å²) >= 11 is 0. The average molecular weight is 357 g/mol. The largest absolute Gasteiger partial charge is 0.497 e. The topological polar surface area (TPSA) is 44.8 Å². The van der Waals surface area contributed by atoms with Crippen molar-refractivity contribution in [3.05, 3.63) is 29.8 Å². The average Bonchev–Trinajstić information content (AvgIpc) is 3.17. The lowest BCUT2D eigenvalue weighted by molar-refractivity contribution is -0.125. The first kappa shape index (κ1) is 17.8. The van der Waals surface area contributed by atoms with Gasteiger partial charge in [-0.2, -0.15) is 0 Å². The lowest BCUT2D eigenvalue weighted by Crippen LogP contribution is -2.46. The number of rotatable bonds is 7. The summed E-state index contributed by atoms with van der Waals surface area (Å²) in [7, 11) is 1.69. The summed E-state index contributed by atoms with van der Waals surface area (Å²) in [5.41, 5.74) is 1.26. The molecule has 3 fully saturated rings. The minimum atomic E-state index is 0.0950. The van der Waals surface area contributed by atoms with Gasteiger partial charge in [0.05, 0.1) is 19.2 Å². The minimum Gasteiger partial charge on any atom is -0.497 e. The Balaban J connectivity index is 1.41. The van der Waals surface area contributed by atoms with Gasteiger partial charge in [-0.15, -0.1) is 0 Å². The number of carbonyl (C=O) groups is 1. The fourth-order valence-electron chi connectivity index (χ4n) is 4.57. The van der Waals surface area contributed by atoms with E-state index in [1.54, 1.807) is 7.11 Å². The predicted octanol–water partition coefficient (Wildman–Crippen LogP) is 2.58. The van der Waals surface area contributed by atoms with E-state index in [-0.39, 0.29) is 18.0 Å². The molecule has 5 nitrogen and oxygen atoms in total. The van der Waals surface area contributed by atoms with Gasteiger partial charge in [0.2, 0.25) is 5.91 Å². The highest BCUT2D eigenvalue weighted by atomic mass is 16.5. The molecule has 1 N–H and O–H groups in total. The maximum atomic E-state index is 12.8. The smallest absolute Gasteiger partial charge is 0.237 e. The molecule has 1 amide bonds. The summed E-state index contributed by atoms with van der Waals surface area (Å²) < 4.78 is 5.29. The molecule has 2 saturated heterocycles. The number of ether oxygens (including phenoxy) is 1. The fraction of sp³-hybridized carbons (Fsp3) is 0.667. The van der Waals surface area contributed by atoms with Gasteiger partial charge in [0, 0.05) is 12.6 Å². The first-order valence-electron chi connectivity index (χ1n) is 10.2. The number of hydrogen-bond acceptors (Lipinski definition) is 4. The normalized spacial score (nSPS) is 25.3. The minimum absolute atomic E-state index is 0.0950. The summed E-state index contributed by atoms with van der Waals surface area (Å²) in [6, 6.07) is 9.34. The molecular weight excluding hydrogens is 326 g/mol. The summed E-state index contributed by atoms with van der Waals surface area (Å²) in [4.78, 5) is 17.8. The van der Waals surface area contributed by atoms with Crippen molar-refractivity contribution in [2.24, 2.45) is 0 Å². The zero-order valence-corrected chi connectivity index (χ0v) is 15.8. The van der Waals surface area contributed by atoms with Gasteiger partial charge in [-0.1, -0.05) is 12.1 Å². The van der Waals surface area contributed by atoms with Crippen LogP contribution in [0.25, 0.3) is 0 Å². The molecule has 1 aliphatic carbocycles. The number of methoxy groups -OCH3 is 1. The van der Waals surface area contributed by atoms with Crippen molar-refractivity contribution in [2.45, 2.75) is 56.7 Å². The maximum Gasteiger partial charge on any atom is 0.237 e. The predicted molar refractivity (Wildman–Crippen MR) is 102 cm³/mol. The lowest BCUT2D eigenvalue weighted by atomic mass is 10.0. The molecule has 2 heterocycles. The van der Waals surface area contributed by atoms with E-state index in [9.17, 15) is 4.79 Å². The van der Waals surface area contributed by atoms with Gasteiger partial charge in [-0.25, -0.2) is 0 Å². The Morgan fingerprint density at radius 2 is 1.85 bits per heavy atom.